The van der Waals surface area contributed by atoms with Crippen molar-refractivity contribution < 1.29 is 4.79 Å². The van der Waals surface area contributed by atoms with Gasteiger partial charge in [-0.25, -0.2) is 4.68 Å². The molecule has 1 amide bonds. The molecule has 3 rings (SSSR count). The fourth-order valence-corrected chi connectivity index (χ4v) is 3.52. The molecule has 162 valence electrons. The zero-order chi connectivity index (χ0) is 22.4. The van der Waals surface area contributed by atoms with Crippen molar-refractivity contribution in [2.24, 2.45) is 0 Å². The van der Waals surface area contributed by atoms with E-state index in [-0.39, 0.29) is 5.69 Å². The van der Waals surface area contributed by atoms with Gasteiger partial charge >= 0.3 is 0 Å². The fourth-order valence-electron chi connectivity index (χ4n) is 3.31. The summed E-state index contributed by atoms with van der Waals surface area (Å²) in [5.74, 6) is -0.516. The van der Waals surface area contributed by atoms with E-state index in [2.05, 4.69) is 41.3 Å². The first-order valence-corrected chi connectivity index (χ1v) is 10.7. The Kier molecular flexibility index (Phi) is 7.60. The number of rotatable bonds is 8. The molecule has 0 aliphatic carbocycles. The summed E-state index contributed by atoms with van der Waals surface area (Å²) in [7, 11) is 0. The molecule has 7 heteroatoms. The van der Waals surface area contributed by atoms with Crippen LogP contribution in [-0.4, -0.2) is 33.7 Å². The van der Waals surface area contributed by atoms with E-state index < -0.39 is 11.3 Å². The second kappa shape index (κ2) is 10.4. The Bertz CT molecular complexity index is 1110. The van der Waals surface area contributed by atoms with Crippen LogP contribution in [-0.2, 0) is 13.1 Å². The van der Waals surface area contributed by atoms with Crippen LogP contribution in [0.1, 0.15) is 41.2 Å². The van der Waals surface area contributed by atoms with Crippen molar-refractivity contribution in [2.45, 2.75) is 33.9 Å². The molecule has 0 atom stereocenters. The van der Waals surface area contributed by atoms with Crippen molar-refractivity contribution >= 4 is 17.5 Å². The van der Waals surface area contributed by atoms with Gasteiger partial charge in [-0.05, 0) is 43.3 Å². The van der Waals surface area contributed by atoms with Gasteiger partial charge in [0.15, 0.2) is 5.69 Å². The van der Waals surface area contributed by atoms with Crippen LogP contribution < -0.4 is 10.7 Å². The summed E-state index contributed by atoms with van der Waals surface area (Å²) >= 11 is 6.26. The van der Waals surface area contributed by atoms with Crippen LogP contribution in [0, 0.1) is 6.92 Å². The molecule has 0 bridgehead atoms. The molecule has 0 saturated heterocycles. The molecule has 0 unspecified atom stereocenters. The van der Waals surface area contributed by atoms with Crippen LogP contribution in [0.2, 0.25) is 5.02 Å². The molecule has 2 aromatic carbocycles. The number of aryl methyl sites for hydroxylation is 1. The highest BCUT2D eigenvalue weighted by atomic mass is 35.5. The molecule has 0 aliphatic heterocycles. The number of nitrogens with zero attached hydrogens (tertiary/aromatic N) is 3. The molecule has 6 nitrogen and oxygen atoms in total. The number of carbonyl (C=O) groups excluding carboxylic acids is 1. The molecule has 0 saturated carbocycles. The van der Waals surface area contributed by atoms with Gasteiger partial charge < -0.3 is 5.32 Å². The van der Waals surface area contributed by atoms with Gasteiger partial charge in [-0.1, -0.05) is 61.8 Å². The number of hydrogen-bond acceptors (Lipinski definition) is 4. The van der Waals surface area contributed by atoms with E-state index in [9.17, 15) is 9.59 Å². The summed E-state index contributed by atoms with van der Waals surface area (Å²) in [6.45, 7) is 9.25. The fraction of sp³-hybridized carbons (Fsp3) is 0.292. The smallest absolute Gasteiger partial charge is 0.276 e. The molecule has 1 heterocycles. The number of para-hydroxylation sites is 1. The van der Waals surface area contributed by atoms with Gasteiger partial charge in [0.2, 0.25) is 5.43 Å². The Morgan fingerprint density at radius 2 is 1.71 bits per heavy atom. The van der Waals surface area contributed by atoms with Gasteiger partial charge in [0.05, 0.1) is 10.7 Å². The largest absolute Gasteiger partial charge is 0.346 e. The van der Waals surface area contributed by atoms with E-state index in [4.69, 9.17) is 11.6 Å². The summed E-state index contributed by atoms with van der Waals surface area (Å²) in [6.07, 6.45) is 0. The maximum Gasteiger partial charge on any atom is 0.276 e. The standard InChI is InChI=1S/C24H27ClN4O2/c1-4-28(5-2)16-19-12-10-18(11-13-19)15-26-24(31)23-22(30)14-17(3)29(27-23)21-9-7-6-8-20(21)25/h6-14H,4-5,15-16H2,1-3H3,(H,26,31). The van der Waals surface area contributed by atoms with Gasteiger partial charge in [-0.2, -0.15) is 5.10 Å². The van der Waals surface area contributed by atoms with Crippen molar-refractivity contribution in [2.75, 3.05) is 13.1 Å². The van der Waals surface area contributed by atoms with Gasteiger partial charge in [-0.15, -0.1) is 0 Å². The van der Waals surface area contributed by atoms with E-state index in [0.717, 1.165) is 25.2 Å². The highest BCUT2D eigenvalue weighted by molar-refractivity contribution is 6.32. The first kappa shape index (κ1) is 22.7. The lowest BCUT2D eigenvalue weighted by atomic mass is 10.1. The first-order chi connectivity index (χ1) is 14.9. The maximum atomic E-state index is 12.7. The lowest BCUT2D eigenvalue weighted by Crippen LogP contribution is -2.31. The molecule has 0 fully saturated rings. The topological polar surface area (TPSA) is 67.2 Å². The Morgan fingerprint density at radius 1 is 1.06 bits per heavy atom. The van der Waals surface area contributed by atoms with Crippen molar-refractivity contribution in [3.05, 3.63) is 92.4 Å². The minimum atomic E-state index is -0.516. The summed E-state index contributed by atoms with van der Waals surface area (Å²) in [5.41, 5.74) is 2.80. The zero-order valence-corrected chi connectivity index (χ0v) is 18.8. The minimum Gasteiger partial charge on any atom is -0.346 e. The predicted molar refractivity (Wildman–Crippen MR) is 124 cm³/mol. The number of hydrogen-bond donors (Lipinski definition) is 1. The highest BCUT2D eigenvalue weighted by Gasteiger charge is 2.16. The van der Waals surface area contributed by atoms with Crippen LogP contribution in [0.5, 0.6) is 0 Å². The highest BCUT2D eigenvalue weighted by Crippen LogP contribution is 2.19. The van der Waals surface area contributed by atoms with E-state index >= 15 is 0 Å². The first-order valence-electron chi connectivity index (χ1n) is 10.4. The summed E-state index contributed by atoms with van der Waals surface area (Å²) in [5, 5.41) is 7.56. The summed E-state index contributed by atoms with van der Waals surface area (Å²) in [6, 6.07) is 16.7. The third-order valence-electron chi connectivity index (χ3n) is 5.18. The molecule has 0 spiro atoms. The van der Waals surface area contributed by atoms with Crippen LogP contribution in [0.25, 0.3) is 5.69 Å². The predicted octanol–water partition coefficient (Wildman–Crippen LogP) is 3.97. The Hall–Kier alpha value is -2.96. The van der Waals surface area contributed by atoms with Crippen LogP contribution in [0.15, 0.2) is 59.4 Å². The SMILES string of the molecule is CCN(CC)Cc1ccc(CNC(=O)c2nn(-c3ccccc3Cl)c(C)cc2=O)cc1. The second-order valence-corrected chi connectivity index (χ2v) is 7.73. The second-order valence-electron chi connectivity index (χ2n) is 7.32. The molecular weight excluding hydrogens is 412 g/mol. The van der Waals surface area contributed by atoms with Gasteiger partial charge in [0.1, 0.15) is 0 Å². The van der Waals surface area contributed by atoms with Crippen molar-refractivity contribution in [1.29, 1.82) is 0 Å². The average molecular weight is 439 g/mol. The van der Waals surface area contributed by atoms with E-state index in [1.807, 2.05) is 24.3 Å². The molecule has 0 aliphatic rings. The summed E-state index contributed by atoms with van der Waals surface area (Å²) in [4.78, 5) is 27.4. The number of carbonyl (C=O) groups is 1. The molecule has 1 N–H and O–H groups in total. The molecule has 3 aromatic rings. The average Bonchev–Trinajstić information content (AvgIpc) is 2.77. The van der Waals surface area contributed by atoms with Crippen LogP contribution in [0.4, 0.5) is 0 Å². The van der Waals surface area contributed by atoms with Crippen molar-refractivity contribution in [1.82, 2.24) is 20.0 Å². The van der Waals surface area contributed by atoms with Crippen LogP contribution >= 0.6 is 11.6 Å². The lowest BCUT2D eigenvalue weighted by Gasteiger charge is -2.18. The quantitative estimate of drug-likeness (QED) is 0.578. The van der Waals surface area contributed by atoms with Gasteiger partial charge in [0.25, 0.3) is 5.91 Å². The maximum absolute atomic E-state index is 12.7. The Balaban J connectivity index is 1.73. The minimum absolute atomic E-state index is 0.163. The monoisotopic (exact) mass is 438 g/mol. The summed E-state index contributed by atoms with van der Waals surface area (Å²) < 4.78 is 1.51. The van der Waals surface area contributed by atoms with E-state index in [1.165, 1.54) is 16.3 Å². The van der Waals surface area contributed by atoms with Gasteiger partial charge in [-0.3, -0.25) is 14.5 Å². The lowest BCUT2D eigenvalue weighted by molar-refractivity contribution is 0.0943. The number of benzene rings is 2. The molecule has 1 aromatic heterocycles. The Labute approximate surface area is 187 Å². The number of nitrogens with one attached hydrogen (secondary N) is 1. The molecule has 0 radical (unpaired) electrons. The van der Waals surface area contributed by atoms with E-state index in [0.29, 0.717) is 22.9 Å². The van der Waals surface area contributed by atoms with Crippen molar-refractivity contribution in [3.8, 4) is 5.69 Å². The number of amides is 1. The Morgan fingerprint density at radius 3 is 2.35 bits per heavy atom. The third kappa shape index (κ3) is 5.60. The van der Waals surface area contributed by atoms with Crippen molar-refractivity contribution in [3.63, 3.8) is 0 Å². The van der Waals surface area contributed by atoms with E-state index in [1.54, 1.807) is 19.1 Å². The third-order valence-corrected chi connectivity index (χ3v) is 5.50. The van der Waals surface area contributed by atoms with Crippen LogP contribution in [0.3, 0.4) is 0 Å². The zero-order valence-electron chi connectivity index (χ0n) is 18.1. The number of halogens is 1. The molecule has 31 heavy (non-hydrogen) atoms. The van der Waals surface area contributed by atoms with Gasteiger partial charge in [0, 0.05) is 24.8 Å². The molecular formula is C24H27ClN4O2. The normalized spacial score (nSPS) is 11.0. The number of aromatic nitrogens is 2.